The molecule has 2 heterocycles. The molecule has 2 aromatic rings. The van der Waals surface area contributed by atoms with Crippen LogP contribution >= 0.6 is 11.3 Å². The van der Waals surface area contributed by atoms with Gasteiger partial charge in [0.2, 0.25) is 0 Å². The highest BCUT2D eigenvalue weighted by Gasteiger charge is 2.18. The van der Waals surface area contributed by atoms with Gasteiger partial charge in [0.1, 0.15) is 11.0 Å². The monoisotopic (exact) mass is 236 g/mol. The van der Waals surface area contributed by atoms with E-state index >= 15 is 0 Å². The Bertz CT molecular complexity index is 421. The first-order valence-electron chi connectivity index (χ1n) is 5.43. The first-order valence-corrected chi connectivity index (χ1v) is 6.31. The number of rotatable bonds is 5. The molecule has 0 aliphatic carbocycles. The molecular weight excluding hydrogens is 220 g/mol. The van der Waals surface area contributed by atoms with Gasteiger partial charge in [-0.3, -0.25) is 0 Å². The fourth-order valence-electron chi connectivity index (χ4n) is 1.77. The predicted octanol–water partition coefficient (Wildman–Crippen LogP) is 2.06. The molecule has 0 radical (unpaired) electrons. The summed E-state index contributed by atoms with van der Waals surface area (Å²) in [6.45, 7) is 3.17. The molecule has 0 spiro atoms. The van der Waals surface area contributed by atoms with Gasteiger partial charge < -0.3 is 9.88 Å². The summed E-state index contributed by atoms with van der Waals surface area (Å²) in [5.41, 5.74) is 1.18. The predicted molar refractivity (Wildman–Crippen MR) is 65.5 cm³/mol. The van der Waals surface area contributed by atoms with Crippen molar-refractivity contribution in [2.75, 3.05) is 7.05 Å². The van der Waals surface area contributed by atoms with Crippen LogP contribution in [0.4, 0.5) is 0 Å². The van der Waals surface area contributed by atoms with E-state index < -0.39 is 0 Å². The summed E-state index contributed by atoms with van der Waals surface area (Å²) in [6, 6.07) is 0.147. The Morgan fingerprint density at radius 3 is 3.06 bits per heavy atom. The van der Waals surface area contributed by atoms with Gasteiger partial charge in [-0.2, -0.15) is 0 Å². The molecule has 1 N–H and O–H groups in total. The average molecular weight is 236 g/mol. The van der Waals surface area contributed by atoms with E-state index in [-0.39, 0.29) is 6.04 Å². The van der Waals surface area contributed by atoms with Crippen LogP contribution in [0.1, 0.15) is 30.1 Å². The third kappa shape index (κ3) is 2.15. The number of hydrogen-bond donors (Lipinski definition) is 1. The molecule has 86 valence electrons. The summed E-state index contributed by atoms with van der Waals surface area (Å²) >= 11 is 1.67. The van der Waals surface area contributed by atoms with Crippen molar-refractivity contribution in [3.8, 4) is 0 Å². The van der Waals surface area contributed by atoms with Crippen LogP contribution in [0.3, 0.4) is 0 Å². The Labute approximate surface area is 99.4 Å². The van der Waals surface area contributed by atoms with Gasteiger partial charge in [0.05, 0.1) is 18.2 Å². The molecule has 2 aromatic heterocycles. The van der Waals surface area contributed by atoms with Crippen molar-refractivity contribution in [3.63, 3.8) is 0 Å². The van der Waals surface area contributed by atoms with Gasteiger partial charge in [-0.1, -0.05) is 6.92 Å². The lowest BCUT2D eigenvalue weighted by Crippen LogP contribution is -2.20. The van der Waals surface area contributed by atoms with Gasteiger partial charge in [0.15, 0.2) is 0 Å². The van der Waals surface area contributed by atoms with Crippen molar-refractivity contribution in [1.82, 2.24) is 19.9 Å². The molecule has 0 saturated heterocycles. The first kappa shape index (κ1) is 11.3. The van der Waals surface area contributed by atoms with Crippen LogP contribution in [0.25, 0.3) is 0 Å². The Kier molecular flexibility index (Phi) is 3.69. The molecule has 0 fully saturated rings. The summed E-state index contributed by atoms with van der Waals surface area (Å²) < 4.78 is 2.18. The smallest absolute Gasteiger partial charge is 0.116 e. The molecule has 0 bridgehead atoms. The SMILES string of the molecule is CCCn1cncc1C(NC)c1nccs1. The molecule has 4 nitrogen and oxygen atoms in total. The number of nitrogens with one attached hydrogen (secondary N) is 1. The summed E-state index contributed by atoms with van der Waals surface area (Å²) in [5, 5.41) is 6.38. The summed E-state index contributed by atoms with van der Waals surface area (Å²) in [7, 11) is 1.95. The van der Waals surface area contributed by atoms with Crippen molar-refractivity contribution >= 4 is 11.3 Å². The third-order valence-corrected chi connectivity index (χ3v) is 3.33. The topological polar surface area (TPSA) is 42.7 Å². The van der Waals surface area contributed by atoms with Gasteiger partial charge in [-0.25, -0.2) is 9.97 Å². The van der Waals surface area contributed by atoms with E-state index in [2.05, 4.69) is 26.8 Å². The van der Waals surface area contributed by atoms with E-state index in [1.807, 2.05) is 31.1 Å². The highest BCUT2D eigenvalue weighted by molar-refractivity contribution is 7.09. The van der Waals surface area contributed by atoms with E-state index in [4.69, 9.17) is 0 Å². The largest absolute Gasteiger partial charge is 0.333 e. The molecule has 0 aliphatic heterocycles. The second-order valence-electron chi connectivity index (χ2n) is 3.60. The normalized spacial score (nSPS) is 12.9. The molecule has 0 saturated carbocycles. The zero-order chi connectivity index (χ0) is 11.4. The second-order valence-corrected chi connectivity index (χ2v) is 4.53. The lowest BCUT2D eigenvalue weighted by atomic mass is 10.2. The highest BCUT2D eigenvalue weighted by atomic mass is 32.1. The van der Waals surface area contributed by atoms with E-state index in [9.17, 15) is 0 Å². The number of nitrogens with zero attached hydrogens (tertiary/aromatic N) is 3. The summed E-state index contributed by atoms with van der Waals surface area (Å²) in [6.07, 6.45) is 6.75. The maximum absolute atomic E-state index is 4.36. The lowest BCUT2D eigenvalue weighted by molar-refractivity contribution is 0.581. The van der Waals surface area contributed by atoms with Crippen LogP contribution in [0.15, 0.2) is 24.1 Å². The van der Waals surface area contributed by atoms with Crippen molar-refractivity contribution in [3.05, 3.63) is 34.8 Å². The van der Waals surface area contributed by atoms with Crippen LogP contribution in [-0.2, 0) is 6.54 Å². The molecule has 1 unspecified atom stereocenters. The van der Waals surface area contributed by atoms with Gasteiger partial charge >= 0.3 is 0 Å². The molecule has 0 amide bonds. The van der Waals surface area contributed by atoms with Gasteiger partial charge in [-0.15, -0.1) is 11.3 Å². The zero-order valence-corrected chi connectivity index (χ0v) is 10.4. The van der Waals surface area contributed by atoms with E-state index in [1.54, 1.807) is 11.3 Å². The Morgan fingerprint density at radius 2 is 2.44 bits per heavy atom. The van der Waals surface area contributed by atoms with E-state index in [0.717, 1.165) is 18.0 Å². The van der Waals surface area contributed by atoms with Crippen molar-refractivity contribution in [2.24, 2.45) is 0 Å². The Hall–Kier alpha value is -1.20. The highest BCUT2D eigenvalue weighted by Crippen LogP contribution is 2.23. The van der Waals surface area contributed by atoms with Crippen LogP contribution in [0.5, 0.6) is 0 Å². The minimum absolute atomic E-state index is 0.147. The molecule has 2 rings (SSSR count). The quantitative estimate of drug-likeness (QED) is 0.864. The maximum atomic E-state index is 4.36. The van der Waals surface area contributed by atoms with E-state index in [1.165, 1.54) is 5.69 Å². The maximum Gasteiger partial charge on any atom is 0.116 e. The lowest BCUT2D eigenvalue weighted by Gasteiger charge is -2.15. The number of aromatic nitrogens is 3. The minimum atomic E-state index is 0.147. The molecule has 5 heteroatoms. The third-order valence-electron chi connectivity index (χ3n) is 2.49. The van der Waals surface area contributed by atoms with Crippen LogP contribution in [0.2, 0.25) is 0 Å². The van der Waals surface area contributed by atoms with Crippen molar-refractivity contribution in [2.45, 2.75) is 25.9 Å². The van der Waals surface area contributed by atoms with Gasteiger partial charge in [0.25, 0.3) is 0 Å². The molecular formula is C11H16N4S. The first-order chi connectivity index (χ1) is 7.86. The minimum Gasteiger partial charge on any atom is -0.333 e. The number of hydrogen-bond acceptors (Lipinski definition) is 4. The number of thiazole rings is 1. The summed E-state index contributed by atoms with van der Waals surface area (Å²) in [5.74, 6) is 0. The molecule has 1 atom stereocenters. The summed E-state index contributed by atoms with van der Waals surface area (Å²) in [4.78, 5) is 8.58. The van der Waals surface area contributed by atoms with Crippen molar-refractivity contribution in [1.29, 1.82) is 0 Å². The van der Waals surface area contributed by atoms with Crippen LogP contribution in [-0.4, -0.2) is 21.6 Å². The number of imidazole rings is 1. The fraction of sp³-hybridized carbons (Fsp3) is 0.455. The van der Waals surface area contributed by atoms with Crippen LogP contribution in [0, 0.1) is 0 Å². The zero-order valence-electron chi connectivity index (χ0n) is 9.55. The average Bonchev–Trinajstić information content (AvgIpc) is 2.92. The van der Waals surface area contributed by atoms with Crippen molar-refractivity contribution < 1.29 is 0 Å². The number of aryl methyl sites for hydroxylation is 1. The fourth-order valence-corrected chi connectivity index (χ4v) is 2.53. The van der Waals surface area contributed by atoms with Gasteiger partial charge in [-0.05, 0) is 13.5 Å². The second kappa shape index (κ2) is 5.23. The van der Waals surface area contributed by atoms with Crippen LogP contribution < -0.4 is 5.32 Å². The van der Waals surface area contributed by atoms with Gasteiger partial charge in [0, 0.05) is 18.1 Å². The molecule has 0 aliphatic rings. The Morgan fingerprint density at radius 1 is 1.56 bits per heavy atom. The molecule has 16 heavy (non-hydrogen) atoms. The standard InChI is InChI=1S/C11H16N4S/c1-3-5-15-8-13-7-9(15)10(12-2)11-14-4-6-16-11/h4,6-8,10,12H,3,5H2,1-2H3. The Balaban J connectivity index is 2.30. The van der Waals surface area contributed by atoms with E-state index in [0.29, 0.717) is 0 Å². The molecule has 0 aromatic carbocycles.